The first-order chi connectivity index (χ1) is 5.86. The molecule has 0 aliphatic heterocycles. The minimum absolute atomic E-state index is 0.925. The van der Waals surface area contributed by atoms with Crippen molar-refractivity contribution in [3.8, 4) is 0 Å². The second-order valence-corrected chi connectivity index (χ2v) is 3.93. The van der Waals surface area contributed by atoms with E-state index >= 15 is 0 Å². The van der Waals surface area contributed by atoms with E-state index in [0.29, 0.717) is 0 Å². The molecular formula is C12H22. The molecule has 0 aromatic heterocycles. The predicted molar refractivity (Wildman–Crippen MR) is 55.2 cm³/mol. The summed E-state index contributed by atoms with van der Waals surface area (Å²) in [5.74, 6) is 0.925. The zero-order chi connectivity index (χ0) is 8.81. The summed E-state index contributed by atoms with van der Waals surface area (Å²) in [5, 5.41) is 0. The third-order valence-corrected chi connectivity index (χ3v) is 3.03. The quantitative estimate of drug-likeness (QED) is 0.548. The Balaban J connectivity index is 2.39. The highest BCUT2D eigenvalue weighted by molar-refractivity contribution is 5.03. The minimum Gasteiger partial charge on any atom is -0.0822 e. The van der Waals surface area contributed by atoms with Gasteiger partial charge < -0.3 is 0 Å². The average molecular weight is 166 g/mol. The van der Waals surface area contributed by atoms with E-state index in [1.807, 2.05) is 0 Å². The van der Waals surface area contributed by atoms with Crippen molar-refractivity contribution in [1.29, 1.82) is 0 Å². The molecule has 0 aromatic rings. The highest BCUT2D eigenvalue weighted by atomic mass is 14.2. The lowest BCUT2D eigenvalue weighted by molar-refractivity contribution is 0.417. The van der Waals surface area contributed by atoms with Gasteiger partial charge >= 0.3 is 0 Å². The van der Waals surface area contributed by atoms with Gasteiger partial charge in [0, 0.05) is 0 Å². The largest absolute Gasteiger partial charge is 0.0822 e. The number of hydrogen-bond donors (Lipinski definition) is 0. The number of rotatable bonds is 3. The second-order valence-electron chi connectivity index (χ2n) is 3.93. The first-order valence-corrected chi connectivity index (χ1v) is 5.56. The monoisotopic (exact) mass is 166 g/mol. The van der Waals surface area contributed by atoms with Crippen LogP contribution in [0.15, 0.2) is 11.6 Å². The molecule has 0 heteroatoms. The van der Waals surface area contributed by atoms with Crippen LogP contribution in [0, 0.1) is 5.92 Å². The summed E-state index contributed by atoms with van der Waals surface area (Å²) in [5.41, 5.74) is 1.67. The maximum absolute atomic E-state index is 2.55. The van der Waals surface area contributed by atoms with E-state index in [1.54, 1.807) is 5.57 Å². The Bertz CT molecular complexity index is 132. The molecule has 0 radical (unpaired) electrons. The zero-order valence-corrected chi connectivity index (χ0v) is 8.60. The smallest absolute Gasteiger partial charge is 0.0231 e. The van der Waals surface area contributed by atoms with Crippen molar-refractivity contribution < 1.29 is 0 Å². The van der Waals surface area contributed by atoms with Gasteiger partial charge in [0.05, 0.1) is 0 Å². The van der Waals surface area contributed by atoms with Gasteiger partial charge in [-0.25, -0.2) is 0 Å². The van der Waals surface area contributed by atoms with Gasteiger partial charge in [-0.05, 0) is 31.6 Å². The van der Waals surface area contributed by atoms with E-state index in [0.717, 1.165) is 5.92 Å². The van der Waals surface area contributed by atoms with Crippen LogP contribution in [0.5, 0.6) is 0 Å². The minimum atomic E-state index is 0.925. The third kappa shape index (κ3) is 3.00. The van der Waals surface area contributed by atoms with E-state index in [-0.39, 0.29) is 0 Å². The molecule has 70 valence electrons. The summed E-state index contributed by atoms with van der Waals surface area (Å²) in [7, 11) is 0. The molecule has 12 heavy (non-hydrogen) atoms. The molecule has 0 N–H and O–H groups in total. The fourth-order valence-electron chi connectivity index (χ4n) is 2.12. The fraction of sp³-hybridized carbons (Fsp3) is 0.833. The maximum Gasteiger partial charge on any atom is -0.0231 e. The van der Waals surface area contributed by atoms with Gasteiger partial charge in [-0.15, -0.1) is 0 Å². The lowest BCUT2D eigenvalue weighted by Crippen LogP contribution is -2.03. The van der Waals surface area contributed by atoms with E-state index in [2.05, 4.69) is 19.9 Å². The van der Waals surface area contributed by atoms with Crippen molar-refractivity contribution in [3.05, 3.63) is 11.6 Å². The summed E-state index contributed by atoms with van der Waals surface area (Å²) < 4.78 is 0. The molecule has 1 fully saturated rings. The van der Waals surface area contributed by atoms with Crippen LogP contribution in [-0.4, -0.2) is 0 Å². The van der Waals surface area contributed by atoms with Crippen LogP contribution in [0.1, 0.15) is 58.8 Å². The molecule has 1 saturated carbocycles. The van der Waals surface area contributed by atoms with Gasteiger partial charge in [0.1, 0.15) is 0 Å². The summed E-state index contributed by atoms with van der Waals surface area (Å²) in [4.78, 5) is 0. The average Bonchev–Trinajstić information content (AvgIpc) is 2.16. The van der Waals surface area contributed by atoms with Crippen molar-refractivity contribution in [2.24, 2.45) is 5.92 Å². The molecule has 1 aliphatic carbocycles. The standard InChI is InChI=1S/C12H22/c1-3-11(4-2)10-12-8-6-5-7-9-12/h10,12H,3-9H2,1-2H3. The lowest BCUT2D eigenvalue weighted by atomic mass is 9.87. The molecule has 0 nitrogen and oxygen atoms in total. The van der Waals surface area contributed by atoms with Crippen LogP contribution in [-0.2, 0) is 0 Å². The van der Waals surface area contributed by atoms with Gasteiger partial charge in [-0.3, -0.25) is 0 Å². The predicted octanol–water partition coefficient (Wildman–Crippen LogP) is 4.31. The Morgan fingerprint density at radius 3 is 2.17 bits per heavy atom. The van der Waals surface area contributed by atoms with E-state index in [9.17, 15) is 0 Å². The fourth-order valence-corrected chi connectivity index (χ4v) is 2.12. The van der Waals surface area contributed by atoms with Crippen molar-refractivity contribution in [1.82, 2.24) is 0 Å². The van der Waals surface area contributed by atoms with Crippen LogP contribution in [0.2, 0.25) is 0 Å². The Labute approximate surface area is 77.1 Å². The van der Waals surface area contributed by atoms with Gasteiger partial charge in [-0.1, -0.05) is 44.8 Å². The molecule has 0 spiro atoms. The molecular weight excluding hydrogens is 144 g/mol. The van der Waals surface area contributed by atoms with Crippen LogP contribution in [0.4, 0.5) is 0 Å². The van der Waals surface area contributed by atoms with Gasteiger partial charge in [0.25, 0.3) is 0 Å². The van der Waals surface area contributed by atoms with E-state index < -0.39 is 0 Å². The summed E-state index contributed by atoms with van der Waals surface area (Å²) in [6.07, 6.45) is 12.4. The topological polar surface area (TPSA) is 0 Å². The summed E-state index contributed by atoms with van der Waals surface area (Å²) in [6, 6.07) is 0. The van der Waals surface area contributed by atoms with Crippen molar-refractivity contribution >= 4 is 0 Å². The third-order valence-electron chi connectivity index (χ3n) is 3.03. The molecule has 0 amide bonds. The van der Waals surface area contributed by atoms with Crippen molar-refractivity contribution in [2.45, 2.75) is 58.8 Å². The van der Waals surface area contributed by atoms with Crippen molar-refractivity contribution in [2.75, 3.05) is 0 Å². The molecule has 0 atom stereocenters. The van der Waals surface area contributed by atoms with Crippen LogP contribution in [0.25, 0.3) is 0 Å². The Kier molecular flexibility index (Phi) is 4.42. The highest BCUT2D eigenvalue weighted by Gasteiger charge is 2.10. The highest BCUT2D eigenvalue weighted by Crippen LogP contribution is 2.26. The SMILES string of the molecule is CCC(=CC1CCCCC1)CC. The molecule has 1 rings (SSSR count). The number of allylic oxidation sites excluding steroid dienone is 2. The molecule has 1 aliphatic rings. The molecule has 0 bridgehead atoms. The van der Waals surface area contributed by atoms with Crippen molar-refractivity contribution in [3.63, 3.8) is 0 Å². The van der Waals surface area contributed by atoms with Gasteiger partial charge in [0.2, 0.25) is 0 Å². The molecule has 0 aromatic carbocycles. The Hall–Kier alpha value is -0.260. The maximum atomic E-state index is 2.55. The Morgan fingerprint density at radius 2 is 1.67 bits per heavy atom. The Morgan fingerprint density at radius 1 is 1.08 bits per heavy atom. The van der Waals surface area contributed by atoms with Crippen LogP contribution < -0.4 is 0 Å². The lowest BCUT2D eigenvalue weighted by Gasteiger charge is -2.19. The normalized spacial score (nSPS) is 19.2. The van der Waals surface area contributed by atoms with Gasteiger partial charge in [0.15, 0.2) is 0 Å². The number of hydrogen-bond acceptors (Lipinski definition) is 0. The van der Waals surface area contributed by atoms with E-state index in [4.69, 9.17) is 0 Å². The summed E-state index contributed by atoms with van der Waals surface area (Å²) >= 11 is 0. The first kappa shape index (κ1) is 9.83. The first-order valence-electron chi connectivity index (χ1n) is 5.56. The zero-order valence-electron chi connectivity index (χ0n) is 8.60. The van der Waals surface area contributed by atoms with E-state index in [1.165, 1.54) is 44.9 Å². The summed E-state index contributed by atoms with van der Waals surface area (Å²) in [6.45, 7) is 4.55. The second kappa shape index (κ2) is 5.40. The molecule has 0 heterocycles. The molecule has 0 unspecified atom stereocenters. The van der Waals surface area contributed by atoms with Crippen LogP contribution >= 0.6 is 0 Å². The van der Waals surface area contributed by atoms with Crippen LogP contribution in [0.3, 0.4) is 0 Å². The van der Waals surface area contributed by atoms with Gasteiger partial charge in [-0.2, -0.15) is 0 Å². The molecule has 0 saturated heterocycles.